The number of non-ortho nitro benzene ring substituents is 1. The summed E-state index contributed by atoms with van der Waals surface area (Å²) in [5.74, 6) is -0.127. The predicted molar refractivity (Wildman–Crippen MR) is 85.0 cm³/mol. The van der Waals surface area contributed by atoms with E-state index in [0.29, 0.717) is 16.3 Å². The molecule has 0 aliphatic carbocycles. The lowest BCUT2D eigenvalue weighted by atomic mass is 10.1. The van der Waals surface area contributed by atoms with E-state index in [1.807, 2.05) is 0 Å². The van der Waals surface area contributed by atoms with Crippen molar-refractivity contribution in [3.63, 3.8) is 0 Å². The molecule has 0 amide bonds. The molecule has 0 fully saturated rings. The molecule has 0 atom stereocenters. The zero-order valence-electron chi connectivity index (χ0n) is 12.0. The third kappa shape index (κ3) is 3.41. The SMILES string of the molecule is O=C(Oc1cncc(Cl)c1)c1ccc(-c2ccc([N+](=O)[O-])cc2)o1. The van der Waals surface area contributed by atoms with Gasteiger partial charge in [-0.2, -0.15) is 0 Å². The minimum absolute atomic E-state index is 0.0108. The number of benzene rings is 1. The Balaban J connectivity index is 1.77. The number of halogens is 1. The van der Waals surface area contributed by atoms with Crippen molar-refractivity contribution in [2.75, 3.05) is 0 Å². The lowest BCUT2D eigenvalue weighted by Crippen LogP contribution is -2.07. The molecule has 0 spiro atoms. The summed E-state index contributed by atoms with van der Waals surface area (Å²) in [6.07, 6.45) is 2.77. The van der Waals surface area contributed by atoms with Gasteiger partial charge in [-0.25, -0.2) is 4.79 Å². The number of hydrogen-bond donors (Lipinski definition) is 0. The van der Waals surface area contributed by atoms with Crippen LogP contribution in [0.2, 0.25) is 5.02 Å². The van der Waals surface area contributed by atoms with Gasteiger partial charge in [0.05, 0.1) is 16.1 Å². The van der Waals surface area contributed by atoms with Gasteiger partial charge in [-0.3, -0.25) is 15.1 Å². The summed E-state index contributed by atoms with van der Waals surface area (Å²) in [6, 6.07) is 10.3. The second kappa shape index (κ2) is 6.51. The topological polar surface area (TPSA) is 95.5 Å². The molecule has 0 aliphatic rings. The van der Waals surface area contributed by atoms with Crippen LogP contribution in [-0.2, 0) is 0 Å². The molecular formula is C16H9ClN2O5. The van der Waals surface area contributed by atoms with Gasteiger partial charge in [0.25, 0.3) is 5.69 Å². The van der Waals surface area contributed by atoms with E-state index in [9.17, 15) is 14.9 Å². The van der Waals surface area contributed by atoms with Crippen molar-refractivity contribution in [2.45, 2.75) is 0 Å². The molecule has 1 aromatic carbocycles. The van der Waals surface area contributed by atoms with Gasteiger partial charge in [-0.05, 0) is 24.3 Å². The number of nitrogens with zero attached hydrogens (tertiary/aromatic N) is 2. The van der Waals surface area contributed by atoms with Crippen LogP contribution in [0.5, 0.6) is 5.75 Å². The Bertz CT molecular complexity index is 905. The van der Waals surface area contributed by atoms with Gasteiger partial charge in [0, 0.05) is 30.0 Å². The lowest BCUT2D eigenvalue weighted by Gasteiger charge is -2.02. The molecule has 24 heavy (non-hydrogen) atoms. The van der Waals surface area contributed by atoms with Gasteiger partial charge < -0.3 is 9.15 Å². The first-order valence-electron chi connectivity index (χ1n) is 6.70. The second-order valence-corrected chi connectivity index (χ2v) is 5.13. The van der Waals surface area contributed by atoms with Crippen LogP contribution in [-0.4, -0.2) is 15.9 Å². The zero-order valence-corrected chi connectivity index (χ0v) is 12.8. The number of carbonyl (C=O) groups is 1. The Hall–Kier alpha value is -3.19. The molecule has 0 bridgehead atoms. The molecule has 2 aromatic heterocycles. The number of pyridine rings is 1. The normalized spacial score (nSPS) is 10.4. The number of ether oxygens (including phenoxy) is 1. The summed E-state index contributed by atoms with van der Waals surface area (Å²) in [4.78, 5) is 26.0. The molecule has 0 saturated heterocycles. The molecule has 8 heteroatoms. The first-order valence-corrected chi connectivity index (χ1v) is 7.08. The van der Waals surface area contributed by atoms with E-state index in [0.717, 1.165) is 0 Å². The van der Waals surface area contributed by atoms with Crippen LogP contribution in [0.1, 0.15) is 10.6 Å². The highest BCUT2D eigenvalue weighted by molar-refractivity contribution is 6.30. The highest BCUT2D eigenvalue weighted by atomic mass is 35.5. The molecule has 3 rings (SSSR count). The summed E-state index contributed by atoms with van der Waals surface area (Å²) < 4.78 is 10.5. The van der Waals surface area contributed by atoms with E-state index < -0.39 is 10.9 Å². The number of esters is 1. The van der Waals surface area contributed by atoms with Crippen LogP contribution in [0.4, 0.5) is 5.69 Å². The Morgan fingerprint density at radius 3 is 2.58 bits per heavy atom. The number of nitro benzene ring substituents is 1. The van der Waals surface area contributed by atoms with Gasteiger partial charge in [-0.1, -0.05) is 11.6 Å². The molecule has 0 N–H and O–H groups in total. The second-order valence-electron chi connectivity index (χ2n) is 4.70. The molecule has 7 nitrogen and oxygen atoms in total. The number of carbonyl (C=O) groups excluding carboxylic acids is 1. The summed E-state index contributed by atoms with van der Waals surface area (Å²) in [6.45, 7) is 0. The van der Waals surface area contributed by atoms with E-state index in [4.69, 9.17) is 20.8 Å². The van der Waals surface area contributed by atoms with Crippen molar-refractivity contribution in [1.82, 2.24) is 4.98 Å². The summed E-state index contributed by atoms with van der Waals surface area (Å²) in [5.41, 5.74) is 0.572. The number of aromatic nitrogens is 1. The van der Waals surface area contributed by atoms with Gasteiger partial charge in [0.15, 0.2) is 5.75 Å². The molecule has 3 aromatic rings. The number of rotatable bonds is 4. The Kier molecular flexibility index (Phi) is 4.26. The lowest BCUT2D eigenvalue weighted by molar-refractivity contribution is -0.384. The largest absolute Gasteiger partial charge is 0.449 e. The molecular weight excluding hydrogens is 336 g/mol. The van der Waals surface area contributed by atoms with Crippen molar-refractivity contribution in [3.05, 3.63) is 75.8 Å². The van der Waals surface area contributed by atoms with Crippen molar-refractivity contribution in [2.24, 2.45) is 0 Å². The average Bonchev–Trinajstić information content (AvgIpc) is 3.05. The zero-order chi connectivity index (χ0) is 17.1. The fraction of sp³-hybridized carbons (Fsp3) is 0. The van der Waals surface area contributed by atoms with Crippen LogP contribution in [0.25, 0.3) is 11.3 Å². The highest BCUT2D eigenvalue weighted by Gasteiger charge is 2.15. The van der Waals surface area contributed by atoms with Crippen LogP contribution in [0, 0.1) is 10.1 Å². The van der Waals surface area contributed by atoms with Gasteiger partial charge in [0.2, 0.25) is 5.76 Å². The van der Waals surface area contributed by atoms with Crippen molar-refractivity contribution < 1.29 is 18.9 Å². The summed E-state index contributed by atoms with van der Waals surface area (Å²) in [7, 11) is 0. The van der Waals surface area contributed by atoms with E-state index >= 15 is 0 Å². The predicted octanol–water partition coefficient (Wildman–Crippen LogP) is 4.12. The van der Waals surface area contributed by atoms with Crippen LogP contribution in [0.15, 0.2) is 59.3 Å². The van der Waals surface area contributed by atoms with Gasteiger partial charge in [0.1, 0.15) is 5.76 Å². The minimum atomic E-state index is -0.702. The molecule has 0 saturated carbocycles. The minimum Gasteiger partial charge on any atom is -0.449 e. The van der Waals surface area contributed by atoms with Gasteiger partial charge in [-0.15, -0.1) is 0 Å². The Labute approximate surface area is 140 Å². The first kappa shape index (κ1) is 15.7. The van der Waals surface area contributed by atoms with Crippen LogP contribution in [0.3, 0.4) is 0 Å². The van der Waals surface area contributed by atoms with Crippen LogP contribution < -0.4 is 4.74 Å². The number of nitro groups is 1. The van der Waals surface area contributed by atoms with Crippen LogP contribution >= 0.6 is 11.6 Å². The quantitative estimate of drug-likeness (QED) is 0.401. The molecule has 0 unspecified atom stereocenters. The average molecular weight is 345 g/mol. The van der Waals surface area contributed by atoms with E-state index in [-0.39, 0.29) is 17.2 Å². The maximum Gasteiger partial charge on any atom is 0.379 e. The maximum absolute atomic E-state index is 12.0. The monoisotopic (exact) mass is 344 g/mol. The Morgan fingerprint density at radius 2 is 1.92 bits per heavy atom. The highest BCUT2D eigenvalue weighted by Crippen LogP contribution is 2.25. The first-order chi connectivity index (χ1) is 11.5. The van der Waals surface area contributed by atoms with E-state index in [2.05, 4.69) is 4.98 Å². The molecule has 2 heterocycles. The van der Waals surface area contributed by atoms with E-state index in [1.54, 1.807) is 6.07 Å². The fourth-order valence-corrected chi connectivity index (χ4v) is 2.12. The summed E-state index contributed by atoms with van der Waals surface area (Å²) >= 11 is 5.77. The maximum atomic E-state index is 12.0. The third-order valence-electron chi connectivity index (χ3n) is 3.06. The molecule has 0 aliphatic heterocycles. The van der Waals surface area contributed by atoms with Gasteiger partial charge >= 0.3 is 5.97 Å². The van der Waals surface area contributed by atoms with Crippen molar-refractivity contribution >= 4 is 23.3 Å². The number of furan rings is 1. The Morgan fingerprint density at radius 1 is 1.17 bits per heavy atom. The smallest absolute Gasteiger partial charge is 0.379 e. The van der Waals surface area contributed by atoms with E-state index in [1.165, 1.54) is 48.8 Å². The number of hydrogen-bond acceptors (Lipinski definition) is 6. The molecule has 120 valence electrons. The standard InChI is InChI=1S/C16H9ClN2O5/c17-11-7-13(9-18-8-11)23-16(20)15-6-5-14(24-15)10-1-3-12(4-2-10)19(21)22/h1-9H. The van der Waals surface area contributed by atoms with Crippen molar-refractivity contribution in [1.29, 1.82) is 0 Å². The fourth-order valence-electron chi connectivity index (χ4n) is 1.96. The third-order valence-corrected chi connectivity index (χ3v) is 3.27. The summed E-state index contributed by atoms with van der Waals surface area (Å²) in [5, 5.41) is 11.0. The van der Waals surface area contributed by atoms with Crippen molar-refractivity contribution in [3.8, 4) is 17.1 Å². The molecule has 0 radical (unpaired) electrons.